The van der Waals surface area contributed by atoms with E-state index in [1.807, 2.05) is 12.3 Å². The summed E-state index contributed by atoms with van der Waals surface area (Å²) in [6.07, 6.45) is 7.22. The summed E-state index contributed by atoms with van der Waals surface area (Å²) in [4.78, 5) is 11.8. The van der Waals surface area contributed by atoms with Gasteiger partial charge in [-0.25, -0.2) is 0 Å². The minimum Gasteiger partial charge on any atom is -0.311 e. The van der Waals surface area contributed by atoms with Gasteiger partial charge in [-0.05, 0) is 36.0 Å². The topological polar surface area (TPSA) is 34.0 Å². The zero-order valence-corrected chi connectivity index (χ0v) is 13.9. The monoisotopic (exact) mass is 310 g/mol. The third-order valence-corrected chi connectivity index (χ3v) is 4.95. The van der Waals surface area contributed by atoms with E-state index in [0.29, 0.717) is 12.6 Å². The molecule has 2 unspecified atom stereocenters. The number of nitrogens with one attached hydrogen (secondary N) is 1. The molecule has 1 aliphatic carbocycles. The van der Waals surface area contributed by atoms with Gasteiger partial charge in [0.25, 0.3) is 5.56 Å². The molecule has 0 bridgehead atoms. The molecule has 2 atom stereocenters. The van der Waals surface area contributed by atoms with Gasteiger partial charge in [0.1, 0.15) is 0 Å². The van der Waals surface area contributed by atoms with Crippen LogP contribution in [0.25, 0.3) is 0 Å². The van der Waals surface area contributed by atoms with Crippen LogP contribution in [-0.4, -0.2) is 10.6 Å². The number of pyridine rings is 1. The van der Waals surface area contributed by atoms with Crippen LogP contribution < -0.4 is 10.9 Å². The van der Waals surface area contributed by atoms with Crippen LogP contribution in [0.5, 0.6) is 0 Å². The summed E-state index contributed by atoms with van der Waals surface area (Å²) in [7, 11) is 0. The van der Waals surface area contributed by atoms with Gasteiger partial charge in [0.15, 0.2) is 0 Å². The number of benzene rings is 1. The standard InChI is InChI=1S/C20H26N2O/c1-16-6-2-3-7-19(16)21-14-17-9-11-18(12-10-17)15-22-13-5-4-8-20(22)23/h4-5,8-13,16,19,21H,2-3,6-7,14-15H2,1H3. The van der Waals surface area contributed by atoms with E-state index in [0.717, 1.165) is 18.0 Å². The van der Waals surface area contributed by atoms with Crippen molar-refractivity contribution in [2.45, 2.75) is 51.7 Å². The summed E-state index contributed by atoms with van der Waals surface area (Å²) in [5.41, 5.74) is 2.52. The molecule has 0 spiro atoms. The zero-order chi connectivity index (χ0) is 16.1. The minimum atomic E-state index is 0.0459. The quantitative estimate of drug-likeness (QED) is 0.916. The Morgan fingerprint density at radius 2 is 1.78 bits per heavy atom. The summed E-state index contributed by atoms with van der Waals surface area (Å²) in [6.45, 7) is 3.92. The van der Waals surface area contributed by atoms with Crippen LogP contribution in [0, 0.1) is 5.92 Å². The second kappa shape index (κ2) is 7.60. The summed E-state index contributed by atoms with van der Waals surface area (Å²) in [5.74, 6) is 0.785. The maximum absolute atomic E-state index is 11.8. The molecule has 3 nitrogen and oxygen atoms in total. The van der Waals surface area contributed by atoms with Gasteiger partial charge in [0.2, 0.25) is 0 Å². The van der Waals surface area contributed by atoms with E-state index >= 15 is 0 Å². The Morgan fingerprint density at radius 1 is 1.04 bits per heavy atom. The first kappa shape index (κ1) is 16.0. The highest BCUT2D eigenvalue weighted by Gasteiger charge is 2.20. The second-order valence-corrected chi connectivity index (χ2v) is 6.73. The first-order valence-electron chi connectivity index (χ1n) is 8.69. The molecule has 1 heterocycles. The molecule has 0 amide bonds. The maximum atomic E-state index is 11.8. The molecule has 1 aliphatic rings. The van der Waals surface area contributed by atoms with Gasteiger partial charge >= 0.3 is 0 Å². The third-order valence-electron chi connectivity index (χ3n) is 4.95. The fourth-order valence-electron chi connectivity index (χ4n) is 3.42. The maximum Gasteiger partial charge on any atom is 0.250 e. The zero-order valence-electron chi connectivity index (χ0n) is 13.9. The molecular weight excluding hydrogens is 284 g/mol. The van der Waals surface area contributed by atoms with E-state index in [1.165, 1.54) is 31.2 Å². The molecule has 1 N–H and O–H groups in total. The van der Waals surface area contributed by atoms with Crippen LogP contribution in [-0.2, 0) is 13.1 Å². The van der Waals surface area contributed by atoms with Crippen molar-refractivity contribution >= 4 is 0 Å². The number of hydrogen-bond donors (Lipinski definition) is 1. The molecular formula is C20H26N2O. The first-order valence-corrected chi connectivity index (χ1v) is 8.69. The van der Waals surface area contributed by atoms with Gasteiger partial charge in [0.05, 0.1) is 6.54 Å². The highest BCUT2D eigenvalue weighted by atomic mass is 16.1. The molecule has 122 valence electrons. The summed E-state index contributed by atoms with van der Waals surface area (Å²) >= 11 is 0. The van der Waals surface area contributed by atoms with Crippen LogP contribution >= 0.6 is 0 Å². The predicted molar refractivity (Wildman–Crippen MR) is 94.5 cm³/mol. The second-order valence-electron chi connectivity index (χ2n) is 6.73. The van der Waals surface area contributed by atoms with Crippen LogP contribution in [0.4, 0.5) is 0 Å². The SMILES string of the molecule is CC1CCCCC1NCc1ccc(Cn2ccccc2=O)cc1. The first-order chi connectivity index (χ1) is 11.2. The van der Waals surface area contributed by atoms with E-state index in [-0.39, 0.29) is 5.56 Å². The minimum absolute atomic E-state index is 0.0459. The predicted octanol–water partition coefficient (Wildman–Crippen LogP) is 3.56. The van der Waals surface area contributed by atoms with Crippen LogP contribution in [0.2, 0.25) is 0 Å². The van der Waals surface area contributed by atoms with Crippen molar-refractivity contribution in [3.05, 3.63) is 70.1 Å². The molecule has 1 saturated carbocycles. The molecule has 0 radical (unpaired) electrons. The average molecular weight is 310 g/mol. The molecule has 2 aromatic rings. The van der Waals surface area contributed by atoms with Crippen LogP contribution in [0.1, 0.15) is 43.7 Å². The normalized spacial score (nSPS) is 21.3. The smallest absolute Gasteiger partial charge is 0.250 e. The van der Waals surface area contributed by atoms with Crippen molar-refractivity contribution in [3.63, 3.8) is 0 Å². The van der Waals surface area contributed by atoms with E-state index in [4.69, 9.17) is 0 Å². The molecule has 1 aromatic heterocycles. The highest BCUT2D eigenvalue weighted by Crippen LogP contribution is 2.24. The Morgan fingerprint density at radius 3 is 2.52 bits per heavy atom. The number of aromatic nitrogens is 1. The van der Waals surface area contributed by atoms with Gasteiger partial charge in [0, 0.05) is 24.8 Å². The van der Waals surface area contributed by atoms with Gasteiger partial charge in [-0.2, -0.15) is 0 Å². The van der Waals surface area contributed by atoms with Crippen molar-refractivity contribution in [3.8, 4) is 0 Å². The average Bonchev–Trinajstić information content (AvgIpc) is 2.57. The van der Waals surface area contributed by atoms with E-state index in [9.17, 15) is 4.79 Å². The summed E-state index contributed by atoms with van der Waals surface area (Å²) < 4.78 is 1.73. The van der Waals surface area contributed by atoms with Crippen molar-refractivity contribution in [1.82, 2.24) is 9.88 Å². The highest BCUT2D eigenvalue weighted by molar-refractivity contribution is 5.23. The van der Waals surface area contributed by atoms with Crippen LogP contribution in [0.3, 0.4) is 0 Å². The number of nitrogens with zero attached hydrogens (tertiary/aromatic N) is 1. The molecule has 23 heavy (non-hydrogen) atoms. The van der Waals surface area contributed by atoms with Gasteiger partial charge in [-0.1, -0.05) is 50.1 Å². The number of rotatable bonds is 5. The molecule has 3 rings (SSSR count). The van der Waals surface area contributed by atoms with E-state index in [2.05, 4.69) is 36.5 Å². The van der Waals surface area contributed by atoms with E-state index in [1.54, 1.807) is 16.7 Å². The summed E-state index contributed by atoms with van der Waals surface area (Å²) in [6, 6.07) is 14.5. The van der Waals surface area contributed by atoms with Crippen molar-refractivity contribution in [1.29, 1.82) is 0 Å². The molecule has 3 heteroatoms. The van der Waals surface area contributed by atoms with Gasteiger partial charge < -0.3 is 9.88 Å². The molecule has 0 saturated heterocycles. The largest absolute Gasteiger partial charge is 0.311 e. The molecule has 1 aromatic carbocycles. The Labute approximate surface area is 138 Å². The van der Waals surface area contributed by atoms with Crippen molar-refractivity contribution in [2.75, 3.05) is 0 Å². The van der Waals surface area contributed by atoms with E-state index < -0.39 is 0 Å². The van der Waals surface area contributed by atoms with Crippen molar-refractivity contribution in [2.24, 2.45) is 5.92 Å². The lowest BCUT2D eigenvalue weighted by molar-refractivity contribution is 0.279. The van der Waals surface area contributed by atoms with Crippen LogP contribution in [0.15, 0.2) is 53.5 Å². The molecule has 1 fully saturated rings. The van der Waals surface area contributed by atoms with Crippen molar-refractivity contribution < 1.29 is 0 Å². The van der Waals surface area contributed by atoms with Gasteiger partial charge in [-0.3, -0.25) is 4.79 Å². The lowest BCUT2D eigenvalue weighted by Crippen LogP contribution is -2.36. The Kier molecular flexibility index (Phi) is 5.29. The fraction of sp³-hybridized carbons (Fsp3) is 0.450. The fourth-order valence-corrected chi connectivity index (χ4v) is 3.42. The lowest BCUT2D eigenvalue weighted by atomic mass is 9.86. The molecule has 0 aliphatic heterocycles. The third kappa shape index (κ3) is 4.32. The Balaban J connectivity index is 1.57. The Hall–Kier alpha value is -1.87. The lowest BCUT2D eigenvalue weighted by Gasteiger charge is -2.29. The summed E-state index contributed by atoms with van der Waals surface area (Å²) in [5, 5.41) is 3.71. The Bertz CT molecular complexity index is 675. The van der Waals surface area contributed by atoms with Gasteiger partial charge in [-0.15, -0.1) is 0 Å². The number of hydrogen-bond acceptors (Lipinski definition) is 2.